The van der Waals surface area contributed by atoms with E-state index in [1.54, 1.807) is 0 Å². The van der Waals surface area contributed by atoms with Crippen molar-refractivity contribution in [1.29, 1.82) is 0 Å². The molecule has 2 aromatic heterocycles. The largest absolute Gasteiger partial charge is 0.439 e. The van der Waals surface area contributed by atoms with Crippen molar-refractivity contribution < 1.29 is 4.42 Å². The molecule has 0 amide bonds. The number of oxazole rings is 1. The molecule has 0 radical (unpaired) electrons. The van der Waals surface area contributed by atoms with Crippen LogP contribution in [0.5, 0.6) is 0 Å². The lowest BCUT2D eigenvalue weighted by molar-refractivity contribution is 0.0661. The number of piperazine rings is 1. The third-order valence-corrected chi connectivity index (χ3v) is 4.81. The van der Waals surface area contributed by atoms with Crippen LogP contribution in [0.15, 0.2) is 41.1 Å². The van der Waals surface area contributed by atoms with Crippen LogP contribution in [0.2, 0.25) is 0 Å². The van der Waals surface area contributed by atoms with Crippen LogP contribution in [0.25, 0.3) is 11.1 Å². The van der Waals surface area contributed by atoms with Gasteiger partial charge in [0.15, 0.2) is 5.58 Å². The van der Waals surface area contributed by atoms with Crippen LogP contribution in [0.4, 0.5) is 0 Å². The molecule has 1 saturated heterocycles. The molecule has 1 fully saturated rings. The highest BCUT2D eigenvalue weighted by atomic mass is 16.3. The molecule has 0 unspecified atom stereocenters. The number of aromatic nitrogens is 3. The molecule has 0 aliphatic carbocycles. The van der Waals surface area contributed by atoms with Gasteiger partial charge in [-0.05, 0) is 19.1 Å². The average Bonchev–Trinajstić information content (AvgIpc) is 3.15. The van der Waals surface area contributed by atoms with Crippen molar-refractivity contribution in [2.45, 2.75) is 26.1 Å². The van der Waals surface area contributed by atoms with Crippen molar-refractivity contribution >= 4 is 11.1 Å². The van der Waals surface area contributed by atoms with E-state index in [0.29, 0.717) is 6.04 Å². The molecule has 6 heteroatoms. The van der Waals surface area contributed by atoms with Crippen molar-refractivity contribution in [1.82, 2.24) is 24.3 Å². The van der Waals surface area contributed by atoms with Crippen LogP contribution in [-0.2, 0) is 20.1 Å². The Labute approximate surface area is 141 Å². The van der Waals surface area contributed by atoms with Crippen molar-refractivity contribution in [2.75, 3.05) is 19.6 Å². The Morgan fingerprint density at radius 2 is 2.08 bits per heavy atom. The lowest BCUT2D eigenvalue weighted by Gasteiger charge is -2.39. The highest BCUT2D eigenvalue weighted by molar-refractivity contribution is 5.72. The van der Waals surface area contributed by atoms with E-state index >= 15 is 0 Å². The van der Waals surface area contributed by atoms with Crippen LogP contribution < -0.4 is 0 Å². The van der Waals surface area contributed by atoms with Crippen LogP contribution in [0.3, 0.4) is 0 Å². The monoisotopic (exact) mass is 325 g/mol. The molecule has 1 aliphatic rings. The smallest absolute Gasteiger partial charge is 0.209 e. The summed E-state index contributed by atoms with van der Waals surface area (Å²) in [4.78, 5) is 13.9. The van der Waals surface area contributed by atoms with E-state index in [1.165, 1.54) is 0 Å². The molecule has 4 rings (SSSR count). The maximum atomic E-state index is 5.85. The second kappa shape index (κ2) is 6.37. The highest BCUT2D eigenvalue weighted by Crippen LogP contribution is 2.18. The van der Waals surface area contributed by atoms with E-state index in [2.05, 4.69) is 38.3 Å². The maximum Gasteiger partial charge on any atom is 0.209 e. The van der Waals surface area contributed by atoms with Crippen LogP contribution >= 0.6 is 0 Å². The second-order valence-corrected chi connectivity index (χ2v) is 6.58. The number of hydrogen-bond donors (Lipinski definition) is 0. The predicted octanol–water partition coefficient (Wildman–Crippen LogP) is 2.27. The highest BCUT2D eigenvalue weighted by Gasteiger charge is 2.25. The first-order valence-electron chi connectivity index (χ1n) is 8.46. The molecule has 0 spiro atoms. The number of aryl methyl sites for hydroxylation is 1. The molecule has 1 aromatic carbocycles. The summed E-state index contributed by atoms with van der Waals surface area (Å²) in [5, 5.41) is 0. The van der Waals surface area contributed by atoms with Crippen LogP contribution in [0.1, 0.15) is 18.6 Å². The zero-order valence-electron chi connectivity index (χ0n) is 14.2. The Morgan fingerprint density at radius 1 is 1.21 bits per heavy atom. The summed E-state index contributed by atoms with van der Waals surface area (Å²) in [6.07, 6.45) is 3.87. The number of rotatable bonds is 4. The van der Waals surface area contributed by atoms with Crippen molar-refractivity contribution in [2.24, 2.45) is 7.05 Å². The van der Waals surface area contributed by atoms with Gasteiger partial charge in [-0.25, -0.2) is 9.97 Å². The normalized spacial score (nSPS) is 20.0. The summed E-state index contributed by atoms with van der Waals surface area (Å²) < 4.78 is 7.95. The van der Waals surface area contributed by atoms with E-state index in [9.17, 15) is 0 Å². The molecule has 0 saturated carbocycles. The van der Waals surface area contributed by atoms with Gasteiger partial charge >= 0.3 is 0 Å². The average molecular weight is 325 g/mol. The molecule has 0 bridgehead atoms. The molecule has 1 aliphatic heterocycles. The number of imidazole rings is 1. The Hall–Kier alpha value is -2.18. The molecule has 6 nitrogen and oxygen atoms in total. The van der Waals surface area contributed by atoms with E-state index in [0.717, 1.165) is 55.5 Å². The summed E-state index contributed by atoms with van der Waals surface area (Å²) in [6, 6.07) is 8.43. The van der Waals surface area contributed by atoms with Gasteiger partial charge in [0.2, 0.25) is 5.89 Å². The third-order valence-electron chi connectivity index (χ3n) is 4.81. The first-order chi connectivity index (χ1) is 11.7. The zero-order valence-corrected chi connectivity index (χ0v) is 14.2. The van der Waals surface area contributed by atoms with Gasteiger partial charge in [-0.3, -0.25) is 9.80 Å². The zero-order chi connectivity index (χ0) is 16.5. The molecule has 0 N–H and O–H groups in total. The lowest BCUT2D eigenvalue weighted by atomic mass is 10.2. The Bertz CT molecular complexity index is 791. The lowest BCUT2D eigenvalue weighted by Crippen LogP contribution is -2.51. The van der Waals surface area contributed by atoms with E-state index in [1.807, 2.05) is 36.7 Å². The molecular weight excluding hydrogens is 302 g/mol. The number of fused-ring (bicyclic) bond motifs is 1. The number of nitrogens with zero attached hydrogens (tertiary/aromatic N) is 5. The summed E-state index contributed by atoms with van der Waals surface area (Å²) >= 11 is 0. The Balaban J connectivity index is 1.38. The van der Waals surface area contributed by atoms with E-state index < -0.39 is 0 Å². The van der Waals surface area contributed by atoms with Gasteiger partial charge < -0.3 is 8.98 Å². The van der Waals surface area contributed by atoms with Crippen molar-refractivity contribution in [3.63, 3.8) is 0 Å². The Kier molecular flexibility index (Phi) is 4.08. The van der Waals surface area contributed by atoms with Gasteiger partial charge in [0.05, 0.1) is 13.1 Å². The molecular formula is C18H23N5O. The van der Waals surface area contributed by atoms with Crippen molar-refractivity contribution in [3.05, 3.63) is 48.4 Å². The standard InChI is InChI=1S/C18H23N5O/c1-14-11-22(9-10-23(14)12-17-19-7-8-21(17)2)13-18-20-15-5-3-4-6-16(15)24-18/h3-8,14H,9-13H2,1-2H3/t14-/m1/s1. The predicted molar refractivity (Wildman–Crippen MR) is 92.4 cm³/mol. The molecule has 3 aromatic rings. The second-order valence-electron chi connectivity index (χ2n) is 6.58. The van der Waals surface area contributed by atoms with Gasteiger partial charge in [-0.1, -0.05) is 12.1 Å². The molecule has 1 atom stereocenters. The number of para-hydroxylation sites is 2. The van der Waals surface area contributed by atoms with E-state index in [4.69, 9.17) is 4.42 Å². The molecule has 126 valence electrons. The summed E-state index contributed by atoms with van der Waals surface area (Å²) in [7, 11) is 2.05. The van der Waals surface area contributed by atoms with Crippen molar-refractivity contribution in [3.8, 4) is 0 Å². The molecule has 3 heterocycles. The molecule has 24 heavy (non-hydrogen) atoms. The topological polar surface area (TPSA) is 50.3 Å². The van der Waals surface area contributed by atoms with Gasteiger partial charge in [-0.15, -0.1) is 0 Å². The van der Waals surface area contributed by atoms with Gasteiger partial charge in [-0.2, -0.15) is 0 Å². The van der Waals surface area contributed by atoms with Gasteiger partial charge in [0.25, 0.3) is 0 Å². The number of benzene rings is 1. The minimum Gasteiger partial charge on any atom is -0.439 e. The fraction of sp³-hybridized carbons (Fsp3) is 0.444. The quantitative estimate of drug-likeness (QED) is 0.736. The minimum absolute atomic E-state index is 0.486. The van der Waals surface area contributed by atoms with Crippen LogP contribution in [0, 0.1) is 0 Å². The first-order valence-corrected chi connectivity index (χ1v) is 8.46. The fourth-order valence-corrected chi connectivity index (χ4v) is 3.36. The maximum absolute atomic E-state index is 5.85. The van der Waals surface area contributed by atoms with Gasteiger partial charge in [0, 0.05) is 45.1 Å². The fourth-order valence-electron chi connectivity index (χ4n) is 3.36. The van der Waals surface area contributed by atoms with E-state index in [-0.39, 0.29) is 0 Å². The minimum atomic E-state index is 0.486. The summed E-state index contributed by atoms with van der Waals surface area (Å²) in [5.74, 6) is 1.93. The number of hydrogen-bond acceptors (Lipinski definition) is 5. The van der Waals surface area contributed by atoms with Crippen LogP contribution in [-0.4, -0.2) is 50.0 Å². The first kappa shape index (κ1) is 15.4. The summed E-state index contributed by atoms with van der Waals surface area (Å²) in [6.45, 7) is 7.03. The SMILES string of the molecule is C[C@@H]1CN(Cc2nc3ccccc3o2)CCN1Cc1nccn1C. The summed E-state index contributed by atoms with van der Waals surface area (Å²) in [5.41, 5.74) is 1.81. The third kappa shape index (κ3) is 3.07. The van der Waals surface area contributed by atoms with Gasteiger partial charge in [0.1, 0.15) is 11.3 Å². The Morgan fingerprint density at radius 3 is 2.83 bits per heavy atom.